The topological polar surface area (TPSA) is 210 Å². The summed E-state index contributed by atoms with van der Waals surface area (Å²) in [6.45, 7) is 3.65. The number of carbonyl (C=O) groups excluding carboxylic acids is 1. The fourth-order valence-electron chi connectivity index (χ4n) is 7.37. The predicted octanol–water partition coefficient (Wildman–Crippen LogP) is 4.44. The summed E-state index contributed by atoms with van der Waals surface area (Å²) in [4.78, 5) is 42.8. The predicted molar refractivity (Wildman–Crippen MR) is 163 cm³/mol. The lowest BCUT2D eigenvalue weighted by molar-refractivity contribution is -0.142. The smallest absolute Gasteiger partial charge is 0.306 e. The number of aliphatic carboxylic acids is 1. The van der Waals surface area contributed by atoms with E-state index < -0.39 is 28.8 Å². The second-order valence-corrected chi connectivity index (χ2v) is 11.8. The first-order valence-electron chi connectivity index (χ1n) is 14.6. The molecule has 0 amide bonds. The number of carbonyl (C=O) groups is 2. The first-order valence-corrected chi connectivity index (χ1v) is 14.6. The zero-order valence-corrected chi connectivity index (χ0v) is 25.2. The van der Waals surface area contributed by atoms with Gasteiger partial charge < -0.3 is 9.84 Å². The lowest BCUT2D eigenvalue weighted by Crippen LogP contribution is -2.42. The highest BCUT2D eigenvalue weighted by Crippen LogP contribution is 2.61. The van der Waals surface area contributed by atoms with Crippen molar-refractivity contribution >= 4 is 12.4 Å². The van der Waals surface area contributed by atoms with E-state index in [4.69, 9.17) is 14.7 Å². The number of carboxylic acids is 1. The molecule has 0 saturated carbocycles. The number of carboxylic acid groups (broad SMARTS) is 1. The zero-order valence-electron chi connectivity index (χ0n) is 25.2. The van der Waals surface area contributed by atoms with Crippen LogP contribution < -0.4 is 0 Å². The molecule has 2 aliphatic carbocycles. The number of nitrogens with zero attached hydrogens (tertiary/aromatic N) is 8. The Morgan fingerprint density at radius 2 is 1.19 bits per heavy atom. The molecule has 4 atom stereocenters. The summed E-state index contributed by atoms with van der Waals surface area (Å²) < 4.78 is 5.44. The van der Waals surface area contributed by atoms with Crippen molar-refractivity contribution in [2.24, 2.45) is 5.92 Å². The van der Waals surface area contributed by atoms with E-state index in [0.717, 1.165) is 5.56 Å². The number of hydrogen-bond donors (Lipinski definition) is 1. The second kappa shape index (κ2) is 11.5. The van der Waals surface area contributed by atoms with Gasteiger partial charge in [0.25, 0.3) is 6.47 Å². The molecule has 2 heterocycles. The molecule has 0 fully saturated rings. The molecular weight excluding hydrogens is 596 g/mol. The normalized spacial score (nSPS) is 19.3. The van der Waals surface area contributed by atoms with Crippen LogP contribution in [0.2, 0.25) is 0 Å². The molecule has 4 aromatic rings. The van der Waals surface area contributed by atoms with Gasteiger partial charge in [-0.1, -0.05) is 55.5 Å². The number of nitriles is 4. The molecule has 1 N–H and O–H groups in total. The van der Waals surface area contributed by atoms with Crippen molar-refractivity contribution in [2.75, 3.05) is 0 Å². The standard InChI is InChI=1S/C35H24N8O4/c1-19(33(45)46)11-34(23-9-5-3-7-21(23)29-31(34)42-27(15-38)25(13-36)40-29)17-35(12-20(2)47-18-44)24-10-6-4-8-22(24)30-32(35)43-28(16-39)26(14-37)41-30/h3-10,18-20H,11-12,17H2,1-2H3,(H,45,46). The van der Waals surface area contributed by atoms with Gasteiger partial charge in [-0.05, 0) is 37.3 Å². The van der Waals surface area contributed by atoms with Gasteiger partial charge in [-0.15, -0.1) is 0 Å². The van der Waals surface area contributed by atoms with E-state index in [1.165, 1.54) is 0 Å². The molecule has 0 radical (unpaired) electrons. The van der Waals surface area contributed by atoms with Gasteiger partial charge in [-0.3, -0.25) is 9.59 Å². The highest BCUT2D eigenvalue weighted by Gasteiger charge is 2.57. The Labute approximate surface area is 269 Å². The number of fused-ring (bicyclic) bond motifs is 6. The summed E-state index contributed by atoms with van der Waals surface area (Å²) in [7, 11) is 0. The fraction of sp³-hybridized carbons (Fsp3) is 0.257. The van der Waals surface area contributed by atoms with Crippen LogP contribution in [0.15, 0.2) is 48.5 Å². The Bertz CT molecular complexity index is 2170. The minimum Gasteiger partial charge on any atom is -0.481 e. The lowest BCUT2D eigenvalue weighted by Gasteiger charge is -2.42. The van der Waals surface area contributed by atoms with Crippen LogP contribution in [-0.2, 0) is 25.2 Å². The average molecular weight is 621 g/mol. The SMILES string of the molecule is CC(CC1(CC2(CC(C)C(=O)O)c3ccccc3-c3nc(C#N)c(C#N)nc32)c2ccccc2-c2nc(C#N)c(C#N)nc21)OC=O. The molecule has 6 rings (SSSR count). The Morgan fingerprint density at radius 3 is 1.62 bits per heavy atom. The zero-order chi connectivity index (χ0) is 33.5. The van der Waals surface area contributed by atoms with Gasteiger partial charge in [0, 0.05) is 22.0 Å². The van der Waals surface area contributed by atoms with Crippen LogP contribution in [0.1, 0.15) is 78.4 Å². The Hall–Kier alpha value is -6.50. The summed E-state index contributed by atoms with van der Waals surface area (Å²) in [5, 5.41) is 49.9. The molecule has 2 aliphatic rings. The number of rotatable bonds is 9. The largest absolute Gasteiger partial charge is 0.481 e. The van der Waals surface area contributed by atoms with E-state index in [2.05, 4.69) is 9.97 Å². The molecule has 228 valence electrons. The van der Waals surface area contributed by atoms with Crippen molar-refractivity contribution in [2.45, 2.75) is 50.0 Å². The van der Waals surface area contributed by atoms with Crippen molar-refractivity contribution in [3.05, 3.63) is 93.8 Å². The molecule has 0 saturated heterocycles. The fourth-order valence-corrected chi connectivity index (χ4v) is 7.37. The highest BCUT2D eigenvalue weighted by atomic mass is 16.5. The minimum atomic E-state index is -1.24. The quantitative estimate of drug-likeness (QED) is 0.257. The molecule has 0 aliphatic heterocycles. The van der Waals surface area contributed by atoms with Gasteiger partial charge >= 0.3 is 5.97 Å². The van der Waals surface area contributed by atoms with E-state index >= 15 is 0 Å². The molecule has 2 aromatic heterocycles. The molecular formula is C35H24N8O4. The van der Waals surface area contributed by atoms with Crippen LogP contribution in [0.4, 0.5) is 0 Å². The van der Waals surface area contributed by atoms with Crippen molar-refractivity contribution < 1.29 is 19.4 Å². The Morgan fingerprint density at radius 1 is 0.766 bits per heavy atom. The summed E-state index contributed by atoms with van der Waals surface area (Å²) in [5.74, 6) is -1.97. The summed E-state index contributed by atoms with van der Waals surface area (Å²) >= 11 is 0. The first-order chi connectivity index (χ1) is 22.7. The third-order valence-electron chi connectivity index (χ3n) is 9.12. The molecule has 0 spiro atoms. The molecule has 12 nitrogen and oxygen atoms in total. The van der Waals surface area contributed by atoms with Crippen molar-refractivity contribution in [1.82, 2.24) is 19.9 Å². The third-order valence-corrected chi connectivity index (χ3v) is 9.12. The minimum absolute atomic E-state index is 0.00871. The van der Waals surface area contributed by atoms with E-state index in [1.54, 1.807) is 19.9 Å². The molecule has 2 aromatic carbocycles. The van der Waals surface area contributed by atoms with Gasteiger partial charge in [-0.2, -0.15) is 21.0 Å². The second-order valence-electron chi connectivity index (χ2n) is 11.8. The van der Waals surface area contributed by atoms with Crippen molar-refractivity contribution in [3.63, 3.8) is 0 Å². The summed E-state index contributed by atoms with van der Waals surface area (Å²) in [5.41, 5.74) is 1.04. The molecule has 47 heavy (non-hydrogen) atoms. The average Bonchev–Trinajstić information content (AvgIpc) is 3.49. The van der Waals surface area contributed by atoms with Crippen molar-refractivity contribution in [1.29, 1.82) is 21.0 Å². The summed E-state index contributed by atoms with van der Waals surface area (Å²) in [6, 6.07) is 22.5. The maximum absolute atomic E-state index is 12.5. The van der Waals surface area contributed by atoms with Gasteiger partial charge in [-0.25, -0.2) is 19.9 Å². The number of hydrogen-bond acceptors (Lipinski definition) is 11. The van der Waals surface area contributed by atoms with E-state index in [-0.39, 0.29) is 42.0 Å². The van der Waals surface area contributed by atoms with Gasteiger partial charge in [0.05, 0.1) is 34.8 Å². The first kappa shape index (κ1) is 30.5. The lowest BCUT2D eigenvalue weighted by atomic mass is 9.60. The van der Waals surface area contributed by atoms with Crippen LogP contribution in [0.25, 0.3) is 22.5 Å². The van der Waals surface area contributed by atoms with Crippen LogP contribution in [-0.4, -0.2) is 43.6 Å². The van der Waals surface area contributed by atoms with E-state index in [1.807, 2.05) is 66.7 Å². The maximum atomic E-state index is 12.5. The van der Waals surface area contributed by atoms with Crippen LogP contribution in [0.3, 0.4) is 0 Å². The van der Waals surface area contributed by atoms with E-state index in [9.17, 15) is 35.7 Å². The monoisotopic (exact) mass is 620 g/mol. The van der Waals surface area contributed by atoms with Gasteiger partial charge in [0.1, 0.15) is 24.3 Å². The highest BCUT2D eigenvalue weighted by molar-refractivity contribution is 5.81. The van der Waals surface area contributed by atoms with Gasteiger partial charge in [0.2, 0.25) is 0 Å². The Kier molecular flexibility index (Phi) is 7.44. The van der Waals surface area contributed by atoms with Crippen molar-refractivity contribution in [3.8, 4) is 46.8 Å². The van der Waals surface area contributed by atoms with E-state index in [0.29, 0.717) is 45.9 Å². The number of ether oxygens (including phenoxy) is 1. The third kappa shape index (κ3) is 4.55. The van der Waals surface area contributed by atoms with Crippen LogP contribution >= 0.6 is 0 Å². The summed E-state index contributed by atoms with van der Waals surface area (Å²) in [6.07, 6.45) is -0.470. The molecule has 0 bridgehead atoms. The molecule has 12 heteroatoms. The van der Waals surface area contributed by atoms with Crippen LogP contribution in [0, 0.1) is 51.2 Å². The van der Waals surface area contributed by atoms with Gasteiger partial charge in [0.15, 0.2) is 22.8 Å². The maximum Gasteiger partial charge on any atom is 0.306 e. The van der Waals surface area contributed by atoms with Crippen LogP contribution in [0.5, 0.6) is 0 Å². The molecule has 4 unspecified atom stereocenters. The Balaban J connectivity index is 1.75. The number of benzene rings is 2. The number of aromatic nitrogens is 4.